The van der Waals surface area contributed by atoms with E-state index in [0.29, 0.717) is 6.42 Å². The highest BCUT2D eigenvalue weighted by Gasteiger charge is 2.10. The molecule has 0 aliphatic rings. The number of hydrogen-bond acceptors (Lipinski definition) is 1. The molecule has 0 atom stereocenters. The zero-order valence-electron chi connectivity index (χ0n) is 15.1. The van der Waals surface area contributed by atoms with E-state index in [0.717, 1.165) is 32.1 Å². The molecule has 0 aliphatic heterocycles. The van der Waals surface area contributed by atoms with Crippen molar-refractivity contribution in [3.63, 3.8) is 0 Å². The molecule has 0 heterocycles. The van der Waals surface area contributed by atoms with Crippen molar-refractivity contribution in [2.24, 2.45) is 0 Å². The van der Waals surface area contributed by atoms with E-state index < -0.39 is 7.60 Å². The third kappa shape index (κ3) is 21.1. The fraction of sp³-hybridized carbons (Fsp3) is 0.600. The van der Waals surface area contributed by atoms with Gasteiger partial charge in [0.25, 0.3) is 0 Å². The predicted molar refractivity (Wildman–Crippen MR) is 105 cm³/mol. The van der Waals surface area contributed by atoms with Gasteiger partial charge in [0.2, 0.25) is 0 Å². The molecule has 0 saturated carbocycles. The van der Waals surface area contributed by atoms with Crippen LogP contribution in [0.25, 0.3) is 0 Å². The van der Waals surface area contributed by atoms with Crippen LogP contribution >= 0.6 is 7.60 Å². The second-order valence-corrected chi connectivity index (χ2v) is 7.75. The zero-order chi connectivity index (χ0) is 17.9. The average Bonchev–Trinajstić information content (AvgIpc) is 2.52. The maximum Gasteiger partial charge on any atom is 0.325 e. The van der Waals surface area contributed by atoms with Crippen LogP contribution in [0.2, 0.25) is 0 Å². The number of hydrogen-bond donors (Lipinski definition) is 2. The Kier molecular flexibility index (Phi) is 16.3. The van der Waals surface area contributed by atoms with Gasteiger partial charge < -0.3 is 9.79 Å². The molecule has 0 aliphatic carbocycles. The van der Waals surface area contributed by atoms with Crippen LogP contribution in [0.5, 0.6) is 0 Å². The van der Waals surface area contributed by atoms with Crippen LogP contribution < -0.4 is 0 Å². The summed E-state index contributed by atoms with van der Waals surface area (Å²) in [6.45, 7) is 2.23. The van der Waals surface area contributed by atoms with Crippen molar-refractivity contribution in [2.45, 2.75) is 71.1 Å². The van der Waals surface area contributed by atoms with Gasteiger partial charge in [-0.3, -0.25) is 4.57 Å². The molecule has 24 heavy (non-hydrogen) atoms. The van der Waals surface area contributed by atoms with Gasteiger partial charge in [-0.2, -0.15) is 0 Å². The Morgan fingerprint density at radius 1 is 0.667 bits per heavy atom. The summed E-state index contributed by atoms with van der Waals surface area (Å²) >= 11 is 0. The molecule has 3 nitrogen and oxygen atoms in total. The molecule has 0 rings (SSSR count). The first kappa shape index (κ1) is 23.1. The van der Waals surface area contributed by atoms with Crippen LogP contribution in [0, 0.1) is 0 Å². The summed E-state index contributed by atoms with van der Waals surface area (Å²) in [5.74, 6) is 0. The number of rotatable bonds is 15. The lowest BCUT2D eigenvalue weighted by molar-refractivity contribution is 0.371. The van der Waals surface area contributed by atoms with Crippen LogP contribution in [0.1, 0.15) is 71.1 Å². The second-order valence-electron chi connectivity index (χ2n) is 5.97. The summed E-state index contributed by atoms with van der Waals surface area (Å²) in [6.07, 6.45) is 27.8. The highest BCUT2D eigenvalue weighted by Crippen LogP contribution is 2.35. The lowest BCUT2D eigenvalue weighted by Crippen LogP contribution is -1.86. The third-order valence-electron chi connectivity index (χ3n) is 3.53. The largest absolute Gasteiger partial charge is 0.325 e. The molecular formula is C20H35O3P. The van der Waals surface area contributed by atoms with Crippen LogP contribution in [0.3, 0.4) is 0 Å². The zero-order valence-corrected chi connectivity index (χ0v) is 16.0. The third-order valence-corrected chi connectivity index (χ3v) is 4.43. The van der Waals surface area contributed by atoms with Crippen molar-refractivity contribution in [1.82, 2.24) is 0 Å². The van der Waals surface area contributed by atoms with Gasteiger partial charge in [0, 0.05) is 6.16 Å². The molecular weight excluding hydrogens is 319 g/mol. The summed E-state index contributed by atoms with van der Waals surface area (Å²) in [7, 11) is -3.80. The molecule has 0 amide bonds. The normalized spacial score (nSPS) is 13.3. The first-order chi connectivity index (χ1) is 11.6. The minimum Gasteiger partial charge on any atom is -0.324 e. The Hall–Kier alpha value is -0.890. The maximum atomic E-state index is 10.7. The molecule has 0 bridgehead atoms. The molecule has 0 radical (unpaired) electrons. The highest BCUT2D eigenvalue weighted by molar-refractivity contribution is 7.51. The lowest BCUT2D eigenvalue weighted by atomic mass is 10.2. The molecule has 0 aromatic carbocycles. The summed E-state index contributed by atoms with van der Waals surface area (Å²) in [4.78, 5) is 17.5. The van der Waals surface area contributed by atoms with Gasteiger partial charge in [-0.15, -0.1) is 0 Å². The van der Waals surface area contributed by atoms with Crippen LogP contribution in [0.4, 0.5) is 0 Å². The van der Waals surface area contributed by atoms with Gasteiger partial charge in [-0.05, 0) is 51.4 Å². The Bertz CT molecular complexity index is 430. The minimum absolute atomic E-state index is 0.000998. The van der Waals surface area contributed by atoms with Crippen molar-refractivity contribution in [1.29, 1.82) is 0 Å². The van der Waals surface area contributed by atoms with Crippen molar-refractivity contribution in [3.05, 3.63) is 48.6 Å². The smallest absolute Gasteiger partial charge is 0.324 e. The Morgan fingerprint density at radius 3 is 1.50 bits per heavy atom. The van der Waals surface area contributed by atoms with Gasteiger partial charge in [-0.25, -0.2) is 0 Å². The molecule has 0 aromatic heterocycles. The first-order valence-electron chi connectivity index (χ1n) is 9.21. The second kappa shape index (κ2) is 17.0. The van der Waals surface area contributed by atoms with Gasteiger partial charge >= 0.3 is 7.60 Å². The van der Waals surface area contributed by atoms with E-state index in [9.17, 15) is 4.57 Å². The molecule has 4 heteroatoms. The standard InChI is InChI=1S/C20H35O3P/c1-2-3-4-5-6-7-8-9-10-11-12-13-14-15-16-17-18-19-20-24(21,22)23/h6-7,9-10,12-13,15-16H,2-5,8,11,14,17-20H2,1H3,(H2,21,22,23)/b7-6-,10-9-,13-12-,16-15-. The van der Waals surface area contributed by atoms with Gasteiger partial charge in [0.1, 0.15) is 0 Å². The van der Waals surface area contributed by atoms with Crippen LogP contribution in [-0.2, 0) is 4.57 Å². The van der Waals surface area contributed by atoms with E-state index in [1.165, 1.54) is 25.7 Å². The van der Waals surface area contributed by atoms with Crippen LogP contribution in [0.15, 0.2) is 48.6 Å². The molecule has 0 unspecified atom stereocenters. The molecule has 0 fully saturated rings. The first-order valence-corrected chi connectivity index (χ1v) is 11.0. The highest BCUT2D eigenvalue weighted by atomic mass is 31.2. The fourth-order valence-corrected chi connectivity index (χ4v) is 2.78. The van der Waals surface area contributed by atoms with E-state index in [4.69, 9.17) is 9.79 Å². The molecule has 0 aromatic rings. The van der Waals surface area contributed by atoms with E-state index in [1.807, 2.05) is 0 Å². The van der Waals surface area contributed by atoms with Gasteiger partial charge in [0.05, 0.1) is 0 Å². The van der Waals surface area contributed by atoms with Crippen molar-refractivity contribution >= 4 is 7.60 Å². The Labute approximate surface area is 148 Å². The summed E-state index contributed by atoms with van der Waals surface area (Å²) in [6, 6.07) is 0. The van der Waals surface area contributed by atoms with E-state index in [1.54, 1.807) is 0 Å². The average molecular weight is 354 g/mol. The van der Waals surface area contributed by atoms with Crippen molar-refractivity contribution in [2.75, 3.05) is 6.16 Å². The van der Waals surface area contributed by atoms with Crippen molar-refractivity contribution < 1.29 is 14.4 Å². The Balaban J connectivity index is 3.44. The quantitative estimate of drug-likeness (QED) is 0.206. The monoisotopic (exact) mass is 354 g/mol. The minimum atomic E-state index is -3.80. The van der Waals surface area contributed by atoms with E-state index in [2.05, 4.69) is 55.5 Å². The summed E-state index contributed by atoms with van der Waals surface area (Å²) < 4.78 is 10.7. The van der Waals surface area contributed by atoms with E-state index in [-0.39, 0.29) is 6.16 Å². The molecule has 0 saturated heterocycles. The molecule has 0 spiro atoms. The SMILES string of the molecule is CCCCC/C=C\C/C=C\C/C=C\C/C=C\CCCCP(=O)(O)O. The lowest BCUT2D eigenvalue weighted by Gasteiger charge is -2.01. The van der Waals surface area contributed by atoms with Gasteiger partial charge in [-0.1, -0.05) is 68.4 Å². The summed E-state index contributed by atoms with van der Waals surface area (Å²) in [5, 5.41) is 0. The number of unbranched alkanes of at least 4 members (excludes halogenated alkanes) is 5. The number of allylic oxidation sites excluding steroid dienone is 8. The molecule has 2 N–H and O–H groups in total. The van der Waals surface area contributed by atoms with Crippen molar-refractivity contribution in [3.8, 4) is 0 Å². The topological polar surface area (TPSA) is 57.5 Å². The fourth-order valence-electron chi connectivity index (χ4n) is 2.14. The Morgan fingerprint density at radius 2 is 1.08 bits per heavy atom. The predicted octanol–water partition coefficient (Wildman–Crippen LogP) is 6.31. The van der Waals surface area contributed by atoms with Crippen LogP contribution in [-0.4, -0.2) is 15.9 Å². The molecule has 138 valence electrons. The summed E-state index contributed by atoms with van der Waals surface area (Å²) in [5.41, 5.74) is 0. The van der Waals surface area contributed by atoms with Gasteiger partial charge in [0.15, 0.2) is 0 Å². The van der Waals surface area contributed by atoms with E-state index >= 15 is 0 Å². The maximum absolute atomic E-state index is 10.7.